The lowest BCUT2D eigenvalue weighted by Crippen LogP contribution is -2.40. The third kappa shape index (κ3) is 4.32. The van der Waals surface area contributed by atoms with E-state index in [0.717, 1.165) is 54.3 Å². The second-order valence-corrected chi connectivity index (χ2v) is 7.32. The quantitative estimate of drug-likeness (QED) is 0.605. The number of carbonyl (C=O) groups excluding carboxylic acids is 2. The molecule has 154 valence electrons. The van der Waals surface area contributed by atoms with Gasteiger partial charge in [-0.25, -0.2) is 4.79 Å². The number of anilines is 1. The summed E-state index contributed by atoms with van der Waals surface area (Å²) in [6, 6.07) is 15.2. The van der Waals surface area contributed by atoms with E-state index < -0.39 is 18.0 Å². The molecule has 0 bridgehead atoms. The van der Waals surface area contributed by atoms with Gasteiger partial charge in [-0.1, -0.05) is 48.9 Å². The lowest BCUT2D eigenvalue weighted by Gasteiger charge is -2.19. The van der Waals surface area contributed by atoms with Gasteiger partial charge in [-0.3, -0.25) is 10.1 Å². The molecule has 0 saturated carbocycles. The van der Waals surface area contributed by atoms with Crippen molar-refractivity contribution in [3.05, 3.63) is 66.0 Å². The molecule has 1 aliphatic heterocycles. The molecule has 0 radical (unpaired) electrons. The number of fused-ring (bicyclic) bond motifs is 1. The first-order valence-corrected chi connectivity index (χ1v) is 10.1. The molecular formula is C22H24N6O2. The number of urea groups is 1. The van der Waals surface area contributed by atoms with Gasteiger partial charge in [0.05, 0.1) is 0 Å². The molecule has 3 aromatic rings. The third-order valence-electron chi connectivity index (χ3n) is 5.18. The Balaban J connectivity index is 1.63. The van der Waals surface area contributed by atoms with Gasteiger partial charge in [0.25, 0.3) is 5.91 Å². The average Bonchev–Trinajstić information content (AvgIpc) is 3.00. The van der Waals surface area contributed by atoms with Crippen LogP contribution in [0.25, 0.3) is 11.4 Å². The summed E-state index contributed by atoms with van der Waals surface area (Å²) in [5.41, 5.74) is 7.52. The molecule has 30 heavy (non-hydrogen) atoms. The highest BCUT2D eigenvalue weighted by Crippen LogP contribution is 2.27. The van der Waals surface area contributed by atoms with Crippen LogP contribution in [0.5, 0.6) is 0 Å². The van der Waals surface area contributed by atoms with Crippen molar-refractivity contribution >= 4 is 17.6 Å². The van der Waals surface area contributed by atoms with E-state index in [4.69, 9.17) is 5.73 Å². The summed E-state index contributed by atoms with van der Waals surface area (Å²) in [6.45, 7) is 0.906. The lowest BCUT2D eigenvalue weighted by atomic mass is 10.1. The number of hydrogen-bond acceptors (Lipinski definition) is 5. The molecule has 0 saturated heterocycles. The monoisotopic (exact) mass is 404 g/mol. The summed E-state index contributed by atoms with van der Waals surface area (Å²) in [7, 11) is 0. The smallest absolute Gasteiger partial charge is 0.318 e. The number of benzene rings is 2. The van der Waals surface area contributed by atoms with Crippen molar-refractivity contribution < 1.29 is 9.59 Å². The maximum absolute atomic E-state index is 12.6. The van der Waals surface area contributed by atoms with Gasteiger partial charge in [-0.2, -0.15) is 0 Å². The zero-order valence-corrected chi connectivity index (χ0v) is 16.5. The van der Waals surface area contributed by atoms with Gasteiger partial charge >= 0.3 is 6.03 Å². The van der Waals surface area contributed by atoms with E-state index in [0.29, 0.717) is 0 Å². The number of hydrogen-bond donors (Lipinski definition) is 3. The van der Waals surface area contributed by atoms with E-state index in [1.165, 1.54) is 6.42 Å². The summed E-state index contributed by atoms with van der Waals surface area (Å²) < 4.78 is 2.18. The van der Waals surface area contributed by atoms with Crippen LogP contribution in [0.4, 0.5) is 10.5 Å². The van der Waals surface area contributed by atoms with Crippen LogP contribution in [0.1, 0.15) is 36.7 Å². The van der Waals surface area contributed by atoms with Gasteiger partial charge in [-0.15, -0.1) is 10.2 Å². The zero-order chi connectivity index (χ0) is 20.9. The fourth-order valence-corrected chi connectivity index (χ4v) is 3.75. The van der Waals surface area contributed by atoms with Crippen LogP contribution in [-0.2, 0) is 17.8 Å². The maximum Gasteiger partial charge on any atom is 0.318 e. The molecule has 4 N–H and O–H groups in total. The molecule has 1 aliphatic rings. The average molecular weight is 404 g/mol. The summed E-state index contributed by atoms with van der Waals surface area (Å²) in [5, 5.41) is 14.2. The molecule has 2 heterocycles. The van der Waals surface area contributed by atoms with Gasteiger partial charge in [0.1, 0.15) is 11.9 Å². The Morgan fingerprint density at radius 2 is 1.83 bits per heavy atom. The molecule has 0 aliphatic carbocycles. The van der Waals surface area contributed by atoms with E-state index in [2.05, 4.69) is 25.4 Å². The van der Waals surface area contributed by atoms with Crippen molar-refractivity contribution in [3.63, 3.8) is 0 Å². The number of nitrogens with one attached hydrogen (secondary N) is 2. The number of carbonyl (C=O) groups is 2. The number of imide groups is 1. The number of nitrogens with zero attached hydrogens (tertiary/aromatic N) is 3. The topological polar surface area (TPSA) is 115 Å². The Bertz CT molecular complexity index is 1050. The first-order valence-electron chi connectivity index (χ1n) is 10.1. The van der Waals surface area contributed by atoms with Crippen LogP contribution in [0, 0.1) is 0 Å². The van der Waals surface area contributed by atoms with Gasteiger partial charge in [-0.05, 0) is 30.5 Å². The number of primary amides is 1. The van der Waals surface area contributed by atoms with Gasteiger partial charge in [0.2, 0.25) is 0 Å². The molecule has 2 aromatic carbocycles. The van der Waals surface area contributed by atoms with Crippen LogP contribution in [0.2, 0.25) is 0 Å². The molecule has 3 amide bonds. The Labute approximate surface area is 174 Å². The largest absolute Gasteiger partial charge is 0.370 e. The first-order chi connectivity index (χ1) is 14.6. The highest BCUT2D eigenvalue weighted by Gasteiger charge is 2.22. The fourth-order valence-electron chi connectivity index (χ4n) is 3.75. The van der Waals surface area contributed by atoms with E-state index in [1.54, 1.807) is 0 Å². The molecule has 8 nitrogen and oxygen atoms in total. The molecule has 4 rings (SSSR count). The Morgan fingerprint density at radius 3 is 2.63 bits per heavy atom. The third-order valence-corrected chi connectivity index (χ3v) is 5.18. The van der Waals surface area contributed by atoms with Gasteiger partial charge in [0.15, 0.2) is 5.82 Å². The summed E-state index contributed by atoms with van der Waals surface area (Å²) in [6.07, 6.45) is 4.37. The second-order valence-electron chi connectivity index (χ2n) is 7.32. The van der Waals surface area contributed by atoms with E-state index in [1.807, 2.05) is 54.6 Å². The summed E-state index contributed by atoms with van der Waals surface area (Å²) in [4.78, 5) is 23.8. The molecule has 0 spiro atoms. The standard InChI is InChI=1S/C22H24N6O2/c23-22(30)25-21(29)19(15-8-3-1-4-9-15)24-17-11-7-10-16(14-17)20-27-26-18-12-5-2-6-13-28(18)20/h1,3-4,7-11,14,19,24H,2,5-6,12-13H2,(H3,23,25,29,30)/t19-/m1/s1. The molecule has 0 fully saturated rings. The van der Waals surface area contributed by atoms with Crippen molar-refractivity contribution in [1.82, 2.24) is 20.1 Å². The summed E-state index contributed by atoms with van der Waals surface area (Å²) >= 11 is 0. The summed E-state index contributed by atoms with van der Waals surface area (Å²) in [5.74, 6) is 1.33. The van der Waals surface area contributed by atoms with E-state index in [-0.39, 0.29) is 0 Å². The minimum atomic E-state index is -0.886. The van der Waals surface area contributed by atoms with Gasteiger partial charge < -0.3 is 15.6 Å². The lowest BCUT2D eigenvalue weighted by molar-refractivity contribution is -0.120. The fraction of sp³-hybridized carbons (Fsp3) is 0.273. The zero-order valence-electron chi connectivity index (χ0n) is 16.5. The Morgan fingerprint density at radius 1 is 1.00 bits per heavy atom. The number of amides is 3. The normalized spacial score (nSPS) is 14.3. The number of rotatable bonds is 5. The number of aryl methyl sites for hydroxylation is 1. The molecule has 1 aromatic heterocycles. The first kappa shape index (κ1) is 19.6. The number of aromatic nitrogens is 3. The van der Waals surface area contributed by atoms with Crippen LogP contribution >= 0.6 is 0 Å². The Kier molecular flexibility index (Phi) is 5.74. The van der Waals surface area contributed by atoms with Crippen molar-refractivity contribution in [2.45, 2.75) is 38.3 Å². The minimum absolute atomic E-state index is 0.518. The van der Waals surface area contributed by atoms with Crippen LogP contribution in [0.15, 0.2) is 54.6 Å². The molecular weight excluding hydrogens is 380 g/mol. The van der Waals surface area contributed by atoms with Crippen LogP contribution < -0.4 is 16.4 Å². The maximum atomic E-state index is 12.6. The minimum Gasteiger partial charge on any atom is -0.370 e. The predicted octanol–water partition coefficient (Wildman–Crippen LogP) is 3.02. The predicted molar refractivity (Wildman–Crippen MR) is 114 cm³/mol. The number of nitrogens with two attached hydrogens (primary N) is 1. The van der Waals surface area contributed by atoms with E-state index in [9.17, 15) is 9.59 Å². The Hall–Kier alpha value is -3.68. The van der Waals surface area contributed by atoms with Crippen LogP contribution in [-0.4, -0.2) is 26.7 Å². The van der Waals surface area contributed by atoms with Crippen molar-refractivity contribution in [3.8, 4) is 11.4 Å². The highest BCUT2D eigenvalue weighted by molar-refractivity contribution is 5.98. The van der Waals surface area contributed by atoms with Crippen LogP contribution in [0.3, 0.4) is 0 Å². The second kappa shape index (κ2) is 8.77. The SMILES string of the molecule is NC(=O)NC(=O)[C@H](Nc1cccc(-c2nnc3n2CCCCC3)c1)c1ccccc1. The van der Waals surface area contributed by atoms with Crippen molar-refractivity contribution in [2.75, 3.05) is 5.32 Å². The van der Waals surface area contributed by atoms with Crippen molar-refractivity contribution in [2.24, 2.45) is 5.73 Å². The van der Waals surface area contributed by atoms with Gasteiger partial charge in [0, 0.05) is 24.2 Å². The molecule has 1 atom stereocenters. The van der Waals surface area contributed by atoms with E-state index >= 15 is 0 Å². The molecule has 8 heteroatoms. The molecule has 0 unspecified atom stereocenters. The highest BCUT2D eigenvalue weighted by atomic mass is 16.2. The van der Waals surface area contributed by atoms with Crippen molar-refractivity contribution in [1.29, 1.82) is 0 Å².